The number of sulfonamides is 1. The van der Waals surface area contributed by atoms with Gasteiger partial charge in [0.05, 0.1) is 15.6 Å². The zero-order chi connectivity index (χ0) is 20.3. The van der Waals surface area contributed by atoms with Crippen molar-refractivity contribution in [3.63, 3.8) is 0 Å². The minimum Gasteiger partial charge on any atom is -0.321 e. The number of carbonyl (C=O) groups is 1. The first-order valence-electron chi connectivity index (χ1n) is 7.89. The Kier molecular flexibility index (Phi) is 6.15. The second-order valence-corrected chi connectivity index (χ2v) is 8.68. The zero-order valence-corrected chi connectivity index (χ0v) is 17.2. The maximum Gasteiger partial charge on any atom is 0.261 e. The van der Waals surface area contributed by atoms with E-state index in [4.69, 9.17) is 34.8 Å². The number of anilines is 2. The highest BCUT2D eigenvalue weighted by molar-refractivity contribution is 7.92. The molecule has 5 nitrogen and oxygen atoms in total. The molecule has 0 fully saturated rings. The quantitative estimate of drug-likeness (QED) is 0.518. The van der Waals surface area contributed by atoms with Gasteiger partial charge in [0.1, 0.15) is 0 Å². The minimum absolute atomic E-state index is 0.0627. The van der Waals surface area contributed by atoms with Gasteiger partial charge >= 0.3 is 0 Å². The predicted octanol–water partition coefficient (Wildman–Crippen LogP) is 5.70. The summed E-state index contributed by atoms with van der Waals surface area (Å²) in [5.41, 5.74) is 0.826. The van der Waals surface area contributed by atoms with E-state index < -0.39 is 15.9 Å². The van der Waals surface area contributed by atoms with Crippen LogP contribution in [0.3, 0.4) is 0 Å². The average molecular weight is 456 g/mol. The lowest BCUT2D eigenvalue weighted by atomic mass is 10.2. The van der Waals surface area contributed by atoms with Crippen LogP contribution in [0, 0.1) is 0 Å². The molecule has 3 aromatic rings. The summed E-state index contributed by atoms with van der Waals surface area (Å²) in [4.78, 5) is 12.4. The molecule has 0 heterocycles. The van der Waals surface area contributed by atoms with Crippen LogP contribution in [-0.2, 0) is 10.0 Å². The Morgan fingerprint density at radius 3 is 2.21 bits per heavy atom. The summed E-state index contributed by atoms with van der Waals surface area (Å²) in [6, 6.07) is 16.5. The molecule has 0 saturated heterocycles. The predicted molar refractivity (Wildman–Crippen MR) is 113 cm³/mol. The molecule has 0 radical (unpaired) electrons. The monoisotopic (exact) mass is 454 g/mol. The number of hydrogen-bond acceptors (Lipinski definition) is 3. The first-order chi connectivity index (χ1) is 13.2. The Balaban J connectivity index is 1.83. The van der Waals surface area contributed by atoms with E-state index in [0.29, 0.717) is 26.4 Å². The number of rotatable bonds is 5. The van der Waals surface area contributed by atoms with Crippen LogP contribution < -0.4 is 10.0 Å². The molecule has 3 aromatic carbocycles. The second kappa shape index (κ2) is 8.41. The van der Waals surface area contributed by atoms with Crippen LogP contribution in [0.5, 0.6) is 0 Å². The smallest absolute Gasteiger partial charge is 0.261 e. The molecule has 0 aliphatic heterocycles. The highest BCUT2D eigenvalue weighted by Gasteiger charge is 2.17. The lowest BCUT2D eigenvalue weighted by Crippen LogP contribution is -2.16. The van der Waals surface area contributed by atoms with Crippen molar-refractivity contribution in [2.75, 3.05) is 10.0 Å². The maximum atomic E-state index is 12.6. The second-order valence-electron chi connectivity index (χ2n) is 5.72. The number of benzene rings is 3. The molecular formula is C19H13Cl3N2O3S. The van der Waals surface area contributed by atoms with Crippen molar-refractivity contribution in [3.05, 3.63) is 87.4 Å². The molecule has 0 saturated carbocycles. The van der Waals surface area contributed by atoms with Gasteiger partial charge in [0, 0.05) is 21.3 Å². The van der Waals surface area contributed by atoms with E-state index >= 15 is 0 Å². The molecule has 1 amide bonds. The first-order valence-corrected chi connectivity index (χ1v) is 10.5. The Labute approximate surface area is 177 Å². The van der Waals surface area contributed by atoms with Gasteiger partial charge in [-0.3, -0.25) is 9.52 Å². The SMILES string of the molecule is O=C(Nc1cc(Cl)ccc1Cl)c1cccc(S(=O)(=O)Nc2ccc(Cl)cc2)c1. The van der Waals surface area contributed by atoms with Crippen LogP contribution in [0.15, 0.2) is 71.6 Å². The molecule has 9 heteroatoms. The molecule has 0 atom stereocenters. The molecule has 0 aliphatic carbocycles. The van der Waals surface area contributed by atoms with Crippen molar-refractivity contribution in [2.45, 2.75) is 4.90 Å². The van der Waals surface area contributed by atoms with Gasteiger partial charge in [-0.25, -0.2) is 8.42 Å². The zero-order valence-electron chi connectivity index (χ0n) is 14.1. The summed E-state index contributed by atoms with van der Waals surface area (Å²) in [6.07, 6.45) is 0. The van der Waals surface area contributed by atoms with Crippen molar-refractivity contribution < 1.29 is 13.2 Å². The third-order valence-electron chi connectivity index (χ3n) is 3.68. The average Bonchev–Trinajstić information content (AvgIpc) is 2.66. The summed E-state index contributed by atoms with van der Waals surface area (Å²) in [5, 5.41) is 3.82. The normalized spacial score (nSPS) is 11.1. The topological polar surface area (TPSA) is 75.3 Å². The highest BCUT2D eigenvalue weighted by Crippen LogP contribution is 2.26. The first kappa shape index (κ1) is 20.5. The van der Waals surface area contributed by atoms with Gasteiger partial charge in [0.15, 0.2) is 0 Å². The molecule has 144 valence electrons. The summed E-state index contributed by atoms with van der Waals surface area (Å²) < 4.78 is 27.6. The molecule has 3 rings (SSSR count). The van der Waals surface area contributed by atoms with Gasteiger partial charge in [0.2, 0.25) is 0 Å². The van der Waals surface area contributed by atoms with E-state index in [2.05, 4.69) is 10.0 Å². The highest BCUT2D eigenvalue weighted by atomic mass is 35.5. The number of amides is 1. The molecule has 0 bridgehead atoms. The molecule has 28 heavy (non-hydrogen) atoms. The fourth-order valence-electron chi connectivity index (χ4n) is 2.32. The van der Waals surface area contributed by atoms with Crippen LogP contribution >= 0.6 is 34.8 Å². The fourth-order valence-corrected chi connectivity index (χ4v) is 3.89. The third kappa shape index (κ3) is 4.97. The molecule has 0 unspecified atom stereocenters. The van der Waals surface area contributed by atoms with Crippen LogP contribution in [0.1, 0.15) is 10.4 Å². The summed E-state index contributed by atoms with van der Waals surface area (Å²) in [5.74, 6) is -0.521. The number of nitrogens with one attached hydrogen (secondary N) is 2. The Bertz CT molecular complexity index is 1130. The van der Waals surface area contributed by atoms with E-state index in [1.165, 1.54) is 42.5 Å². The fraction of sp³-hybridized carbons (Fsp3) is 0. The van der Waals surface area contributed by atoms with Crippen molar-refractivity contribution in [1.82, 2.24) is 0 Å². The standard InChI is InChI=1S/C19H13Cl3N2O3S/c20-13-4-7-15(8-5-13)24-28(26,27)16-3-1-2-12(10-16)19(25)23-18-11-14(21)6-9-17(18)22/h1-11,24H,(H,23,25). The van der Waals surface area contributed by atoms with E-state index in [1.54, 1.807) is 24.3 Å². The van der Waals surface area contributed by atoms with Crippen LogP contribution in [0.4, 0.5) is 11.4 Å². The van der Waals surface area contributed by atoms with E-state index in [9.17, 15) is 13.2 Å². The van der Waals surface area contributed by atoms with Gasteiger partial charge in [-0.2, -0.15) is 0 Å². The lowest BCUT2D eigenvalue weighted by molar-refractivity contribution is 0.102. The third-order valence-corrected chi connectivity index (χ3v) is 5.88. The number of carbonyl (C=O) groups excluding carboxylic acids is 1. The van der Waals surface area contributed by atoms with Gasteiger partial charge in [0.25, 0.3) is 15.9 Å². The Morgan fingerprint density at radius 1 is 0.821 bits per heavy atom. The van der Waals surface area contributed by atoms with Crippen LogP contribution in [0.25, 0.3) is 0 Å². The number of hydrogen-bond donors (Lipinski definition) is 2. The summed E-state index contributed by atoms with van der Waals surface area (Å²) in [7, 11) is -3.89. The molecule has 0 aromatic heterocycles. The Hall–Kier alpha value is -2.25. The maximum absolute atomic E-state index is 12.6. The van der Waals surface area contributed by atoms with E-state index in [-0.39, 0.29) is 10.5 Å². The number of halogens is 3. The Morgan fingerprint density at radius 2 is 1.50 bits per heavy atom. The minimum atomic E-state index is -3.89. The molecular weight excluding hydrogens is 443 g/mol. The summed E-state index contributed by atoms with van der Waals surface area (Å²) in [6.45, 7) is 0. The summed E-state index contributed by atoms with van der Waals surface area (Å²) >= 11 is 17.8. The van der Waals surface area contributed by atoms with Gasteiger partial charge in [-0.15, -0.1) is 0 Å². The van der Waals surface area contributed by atoms with Crippen molar-refractivity contribution in [2.24, 2.45) is 0 Å². The molecule has 0 aliphatic rings. The van der Waals surface area contributed by atoms with Gasteiger partial charge in [-0.1, -0.05) is 40.9 Å². The van der Waals surface area contributed by atoms with Crippen molar-refractivity contribution in [3.8, 4) is 0 Å². The van der Waals surface area contributed by atoms with Crippen LogP contribution in [-0.4, -0.2) is 14.3 Å². The molecule has 2 N–H and O–H groups in total. The van der Waals surface area contributed by atoms with E-state index in [1.807, 2.05) is 0 Å². The largest absolute Gasteiger partial charge is 0.321 e. The lowest BCUT2D eigenvalue weighted by Gasteiger charge is -2.11. The van der Waals surface area contributed by atoms with E-state index in [0.717, 1.165) is 0 Å². The van der Waals surface area contributed by atoms with Crippen molar-refractivity contribution in [1.29, 1.82) is 0 Å². The molecule has 0 spiro atoms. The van der Waals surface area contributed by atoms with Crippen molar-refractivity contribution >= 4 is 62.1 Å². The van der Waals surface area contributed by atoms with Gasteiger partial charge in [-0.05, 0) is 60.7 Å². The van der Waals surface area contributed by atoms with Crippen LogP contribution in [0.2, 0.25) is 15.1 Å². The van der Waals surface area contributed by atoms with Gasteiger partial charge < -0.3 is 5.32 Å².